The van der Waals surface area contributed by atoms with Crippen molar-refractivity contribution in [1.82, 2.24) is 5.32 Å². The van der Waals surface area contributed by atoms with Gasteiger partial charge in [0.1, 0.15) is 17.6 Å². The maximum atomic E-state index is 12.5. The van der Waals surface area contributed by atoms with Crippen LogP contribution in [0.1, 0.15) is 16.9 Å². The number of hydrogen-bond donors (Lipinski definition) is 2. The van der Waals surface area contributed by atoms with Crippen molar-refractivity contribution in [3.8, 4) is 17.6 Å². The van der Waals surface area contributed by atoms with E-state index in [0.717, 1.165) is 29.3 Å². The SMILES string of the molecule is N#Cc1cc(Oc2ccccc2)ccc1N1CCC(NC(=O)C(N)Cc2cccs2)C1. The first-order chi connectivity index (χ1) is 15.1. The smallest absolute Gasteiger partial charge is 0.237 e. The molecule has 2 aromatic carbocycles. The second-order valence-corrected chi connectivity index (χ2v) is 8.57. The fourth-order valence-corrected chi connectivity index (χ4v) is 4.48. The number of rotatable bonds is 7. The summed E-state index contributed by atoms with van der Waals surface area (Å²) < 4.78 is 5.84. The molecule has 2 unspecified atom stereocenters. The van der Waals surface area contributed by atoms with Gasteiger partial charge in [0.2, 0.25) is 5.91 Å². The maximum Gasteiger partial charge on any atom is 0.237 e. The third-order valence-corrected chi connectivity index (χ3v) is 6.18. The summed E-state index contributed by atoms with van der Waals surface area (Å²) in [5.74, 6) is 1.21. The average molecular weight is 433 g/mol. The van der Waals surface area contributed by atoms with Gasteiger partial charge in [-0.25, -0.2) is 0 Å². The molecule has 158 valence electrons. The van der Waals surface area contributed by atoms with Gasteiger partial charge in [0, 0.05) is 36.5 Å². The lowest BCUT2D eigenvalue weighted by molar-refractivity contribution is -0.122. The number of carbonyl (C=O) groups excluding carboxylic acids is 1. The first-order valence-electron chi connectivity index (χ1n) is 10.2. The quantitative estimate of drug-likeness (QED) is 0.594. The van der Waals surface area contributed by atoms with Gasteiger partial charge in [0.25, 0.3) is 0 Å². The highest BCUT2D eigenvalue weighted by atomic mass is 32.1. The minimum absolute atomic E-state index is 0.00803. The van der Waals surface area contributed by atoms with Gasteiger partial charge in [0.05, 0.1) is 17.3 Å². The number of nitrogens with one attached hydrogen (secondary N) is 1. The lowest BCUT2D eigenvalue weighted by Crippen LogP contribution is -2.47. The summed E-state index contributed by atoms with van der Waals surface area (Å²) in [5, 5.41) is 14.7. The molecule has 1 aliphatic rings. The zero-order chi connectivity index (χ0) is 21.6. The molecule has 4 rings (SSSR count). The molecular weight excluding hydrogens is 408 g/mol. The Morgan fingerprint density at radius 3 is 2.81 bits per heavy atom. The zero-order valence-corrected chi connectivity index (χ0v) is 17.8. The Morgan fingerprint density at radius 2 is 2.06 bits per heavy atom. The number of ether oxygens (including phenoxy) is 1. The standard InChI is InChI=1S/C24H24N4O2S/c25-15-17-13-20(30-19-5-2-1-3-6-19)8-9-23(17)28-11-10-18(16-28)27-24(29)22(26)14-21-7-4-12-31-21/h1-9,12-13,18,22H,10-11,14,16,26H2,(H,27,29). The van der Waals surface area contributed by atoms with E-state index in [4.69, 9.17) is 10.5 Å². The molecule has 0 aliphatic carbocycles. The highest BCUT2D eigenvalue weighted by Crippen LogP contribution is 2.30. The minimum Gasteiger partial charge on any atom is -0.457 e. The molecule has 3 aromatic rings. The Hall–Kier alpha value is -3.34. The van der Waals surface area contributed by atoms with Crippen molar-refractivity contribution < 1.29 is 9.53 Å². The summed E-state index contributed by atoms with van der Waals surface area (Å²) in [4.78, 5) is 15.7. The van der Waals surface area contributed by atoms with Gasteiger partial charge in [-0.3, -0.25) is 4.79 Å². The van der Waals surface area contributed by atoms with Gasteiger partial charge in [-0.1, -0.05) is 24.3 Å². The van der Waals surface area contributed by atoms with Crippen LogP contribution in [0.5, 0.6) is 11.5 Å². The van der Waals surface area contributed by atoms with Crippen LogP contribution in [0.25, 0.3) is 0 Å². The van der Waals surface area contributed by atoms with E-state index in [2.05, 4.69) is 16.3 Å². The Kier molecular flexibility index (Phi) is 6.51. The fourth-order valence-electron chi connectivity index (χ4n) is 3.71. The fraction of sp³-hybridized carbons (Fsp3) is 0.250. The minimum atomic E-state index is -0.559. The lowest BCUT2D eigenvalue weighted by atomic mass is 10.1. The van der Waals surface area contributed by atoms with Gasteiger partial charge in [-0.15, -0.1) is 11.3 Å². The van der Waals surface area contributed by atoms with E-state index in [0.29, 0.717) is 24.3 Å². The van der Waals surface area contributed by atoms with Crippen LogP contribution in [0.4, 0.5) is 5.69 Å². The van der Waals surface area contributed by atoms with Crippen LogP contribution in [0.15, 0.2) is 66.0 Å². The number of anilines is 1. The third-order valence-electron chi connectivity index (χ3n) is 5.28. The molecule has 0 bridgehead atoms. The number of nitrogens with two attached hydrogens (primary N) is 1. The Morgan fingerprint density at radius 1 is 1.23 bits per heavy atom. The topological polar surface area (TPSA) is 91.4 Å². The molecular formula is C24H24N4O2S. The van der Waals surface area contributed by atoms with Crippen molar-refractivity contribution in [3.63, 3.8) is 0 Å². The number of hydrogen-bond acceptors (Lipinski definition) is 6. The number of thiophene rings is 1. The molecule has 2 atom stereocenters. The van der Waals surface area contributed by atoms with Crippen LogP contribution in [0.2, 0.25) is 0 Å². The molecule has 1 aliphatic heterocycles. The molecule has 0 saturated carbocycles. The average Bonchev–Trinajstić information content (AvgIpc) is 3.46. The summed E-state index contributed by atoms with van der Waals surface area (Å²) in [7, 11) is 0. The highest BCUT2D eigenvalue weighted by molar-refractivity contribution is 7.09. The third kappa shape index (κ3) is 5.23. The van der Waals surface area contributed by atoms with Crippen LogP contribution in [0, 0.1) is 11.3 Å². The number of para-hydroxylation sites is 1. The van der Waals surface area contributed by atoms with E-state index in [-0.39, 0.29) is 11.9 Å². The molecule has 0 radical (unpaired) electrons. The van der Waals surface area contributed by atoms with Gasteiger partial charge in [-0.05, 0) is 42.1 Å². The van der Waals surface area contributed by atoms with E-state index in [1.807, 2.05) is 60.0 Å². The predicted molar refractivity (Wildman–Crippen MR) is 122 cm³/mol. The van der Waals surface area contributed by atoms with Gasteiger partial charge < -0.3 is 20.7 Å². The number of nitrogens with zero attached hydrogens (tertiary/aromatic N) is 2. The van der Waals surface area contributed by atoms with Crippen molar-refractivity contribution in [3.05, 3.63) is 76.5 Å². The molecule has 6 nitrogen and oxygen atoms in total. The van der Waals surface area contributed by atoms with Crippen LogP contribution >= 0.6 is 11.3 Å². The lowest BCUT2D eigenvalue weighted by Gasteiger charge is -2.21. The highest BCUT2D eigenvalue weighted by Gasteiger charge is 2.27. The van der Waals surface area contributed by atoms with Gasteiger partial charge >= 0.3 is 0 Å². The van der Waals surface area contributed by atoms with Crippen LogP contribution < -0.4 is 20.7 Å². The molecule has 31 heavy (non-hydrogen) atoms. The summed E-state index contributed by atoms with van der Waals surface area (Å²) in [6.45, 7) is 1.41. The first kappa shape index (κ1) is 20.9. The molecule has 3 N–H and O–H groups in total. The number of nitriles is 1. The molecule has 1 aromatic heterocycles. The van der Waals surface area contributed by atoms with Crippen molar-refractivity contribution in [1.29, 1.82) is 5.26 Å². The summed E-state index contributed by atoms with van der Waals surface area (Å²) in [5.41, 5.74) is 7.48. The monoisotopic (exact) mass is 432 g/mol. The van der Waals surface area contributed by atoms with Crippen molar-refractivity contribution >= 4 is 22.9 Å². The van der Waals surface area contributed by atoms with E-state index in [9.17, 15) is 10.1 Å². The van der Waals surface area contributed by atoms with Gasteiger partial charge in [-0.2, -0.15) is 5.26 Å². The van der Waals surface area contributed by atoms with Crippen molar-refractivity contribution in [2.75, 3.05) is 18.0 Å². The van der Waals surface area contributed by atoms with Crippen LogP contribution in [-0.2, 0) is 11.2 Å². The Bertz CT molecular complexity index is 1060. The predicted octanol–water partition coefficient (Wildman–Crippen LogP) is 3.68. The van der Waals surface area contributed by atoms with E-state index < -0.39 is 6.04 Å². The van der Waals surface area contributed by atoms with Crippen LogP contribution in [0.3, 0.4) is 0 Å². The summed E-state index contributed by atoms with van der Waals surface area (Å²) in [6, 6.07) is 20.7. The Labute approximate surface area is 185 Å². The zero-order valence-electron chi connectivity index (χ0n) is 17.0. The number of benzene rings is 2. The van der Waals surface area contributed by atoms with E-state index in [1.54, 1.807) is 17.4 Å². The number of carbonyl (C=O) groups is 1. The second-order valence-electron chi connectivity index (χ2n) is 7.54. The molecule has 2 heterocycles. The number of amides is 1. The van der Waals surface area contributed by atoms with E-state index >= 15 is 0 Å². The summed E-state index contributed by atoms with van der Waals surface area (Å²) in [6.07, 6.45) is 1.35. The van der Waals surface area contributed by atoms with Gasteiger partial charge in [0.15, 0.2) is 0 Å². The molecule has 1 saturated heterocycles. The molecule has 0 spiro atoms. The van der Waals surface area contributed by atoms with Crippen molar-refractivity contribution in [2.24, 2.45) is 5.73 Å². The Balaban J connectivity index is 1.37. The van der Waals surface area contributed by atoms with E-state index in [1.165, 1.54) is 0 Å². The van der Waals surface area contributed by atoms with Crippen molar-refractivity contribution in [2.45, 2.75) is 24.9 Å². The maximum absolute atomic E-state index is 12.5. The first-order valence-corrected chi connectivity index (χ1v) is 11.1. The normalized spacial score (nSPS) is 16.5. The molecule has 7 heteroatoms. The second kappa shape index (κ2) is 9.65. The van der Waals surface area contributed by atoms with Crippen LogP contribution in [-0.4, -0.2) is 31.1 Å². The largest absolute Gasteiger partial charge is 0.457 e. The summed E-state index contributed by atoms with van der Waals surface area (Å²) >= 11 is 1.61. The molecule has 1 amide bonds. The molecule has 1 fully saturated rings.